The molecular formula is C13H13N5O2S. The largest absolute Gasteiger partial charge is 0.330 e. The highest BCUT2D eigenvalue weighted by atomic mass is 32.1. The summed E-state index contributed by atoms with van der Waals surface area (Å²) in [5.74, 6) is 0.701. The maximum atomic E-state index is 11.4. The quantitative estimate of drug-likeness (QED) is 0.588. The molecule has 0 saturated heterocycles. The van der Waals surface area contributed by atoms with Gasteiger partial charge in [0.25, 0.3) is 5.69 Å². The van der Waals surface area contributed by atoms with Crippen LogP contribution in [-0.2, 0) is 6.42 Å². The average Bonchev–Trinajstić information content (AvgIpc) is 3.02. The number of thiazole rings is 1. The molecule has 0 bridgehead atoms. The number of nitrogens with two attached hydrogens (primary N) is 1. The number of rotatable bonds is 4. The lowest BCUT2D eigenvalue weighted by Gasteiger charge is -2.08. The maximum Gasteiger partial charge on any atom is 0.294 e. The summed E-state index contributed by atoms with van der Waals surface area (Å²) in [5, 5.41) is 12.2. The van der Waals surface area contributed by atoms with Crippen LogP contribution in [0.2, 0.25) is 0 Å². The van der Waals surface area contributed by atoms with Gasteiger partial charge in [-0.1, -0.05) is 0 Å². The Morgan fingerprint density at radius 3 is 3.00 bits per heavy atom. The Hall–Kier alpha value is -2.32. The van der Waals surface area contributed by atoms with E-state index in [9.17, 15) is 10.1 Å². The minimum Gasteiger partial charge on any atom is -0.330 e. The topological polar surface area (TPSA) is 99.9 Å². The smallest absolute Gasteiger partial charge is 0.294 e. The van der Waals surface area contributed by atoms with Gasteiger partial charge < -0.3 is 5.73 Å². The molecular weight excluding hydrogens is 290 g/mol. The van der Waals surface area contributed by atoms with E-state index in [1.54, 1.807) is 29.1 Å². The number of benzene rings is 1. The monoisotopic (exact) mass is 303 g/mol. The van der Waals surface area contributed by atoms with Gasteiger partial charge in [0.1, 0.15) is 11.5 Å². The Kier molecular flexibility index (Phi) is 3.40. The summed E-state index contributed by atoms with van der Waals surface area (Å²) < 4.78 is 2.52. The minimum atomic E-state index is -0.379. The van der Waals surface area contributed by atoms with E-state index in [1.165, 1.54) is 11.3 Å². The highest BCUT2D eigenvalue weighted by Gasteiger charge is 2.20. The molecule has 0 atom stereocenters. The highest BCUT2D eigenvalue weighted by molar-refractivity contribution is 7.18. The van der Waals surface area contributed by atoms with Crippen molar-refractivity contribution in [2.75, 3.05) is 6.54 Å². The fraction of sp³-hybridized carbons (Fsp3) is 0.231. The molecule has 3 rings (SSSR count). The van der Waals surface area contributed by atoms with Crippen LogP contribution < -0.4 is 5.73 Å². The Balaban J connectivity index is 2.26. The molecule has 0 aliphatic carbocycles. The molecule has 0 aliphatic heterocycles. The van der Waals surface area contributed by atoms with Gasteiger partial charge in [-0.15, -0.1) is 11.3 Å². The van der Waals surface area contributed by atoms with E-state index in [-0.39, 0.29) is 10.6 Å². The van der Waals surface area contributed by atoms with Gasteiger partial charge in [-0.3, -0.25) is 14.7 Å². The van der Waals surface area contributed by atoms with Crippen LogP contribution in [0.4, 0.5) is 5.69 Å². The first-order valence-electron chi connectivity index (χ1n) is 6.38. The molecule has 3 aromatic rings. The molecule has 0 radical (unpaired) electrons. The number of nitrogens with zero attached hydrogens (tertiary/aromatic N) is 4. The predicted octanol–water partition coefficient (Wildman–Crippen LogP) is 2.20. The zero-order valence-corrected chi connectivity index (χ0v) is 12.1. The zero-order chi connectivity index (χ0) is 15.0. The summed E-state index contributed by atoms with van der Waals surface area (Å²) in [7, 11) is 0. The van der Waals surface area contributed by atoms with E-state index in [4.69, 9.17) is 5.73 Å². The van der Waals surface area contributed by atoms with E-state index in [0.717, 1.165) is 15.2 Å². The maximum absolute atomic E-state index is 11.4. The fourth-order valence-corrected chi connectivity index (χ4v) is 3.12. The van der Waals surface area contributed by atoms with Gasteiger partial charge in [-0.05, 0) is 19.5 Å². The van der Waals surface area contributed by atoms with Crippen LogP contribution in [0, 0.1) is 17.0 Å². The van der Waals surface area contributed by atoms with Crippen molar-refractivity contribution in [3.63, 3.8) is 0 Å². The summed E-state index contributed by atoms with van der Waals surface area (Å²) in [6.45, 7) is 2.32. The molecule has 2 heterocycles. The normalized spacial score (nSPS) is 11.1. The second-order valence-electron chi connectivity index (χ2n) is 4.55. The van der Waals surface area contributed by atoms with Gasteiger partial charge in [0, 0.05) is 24.9 Å². The van der Waals surface area contributed by atoms with Gasteiger partial charge in [-0.25, -0.2) is 9.97 Å². The molecule has 108 valence electrons. The van der Waals surface area contributed by atoms with Gasteiger partial charge in [-0.2, -0.15) is 0 Å². The van der Waals surface area contributed by atoms with Crippen LogP contribution >= 0.6 is 11.3 Å². The SMILES string of the molecule is Cc1nc2cc(-n3ccnc3CCN)c([N+](=O)[O-])cc2s1. The molecule has 0 fully saturated rings. The van der Waals surface area contributed by atoms with Crippen LogP contribution in [-0.4, -0.2) is 26.0 Å². The van der Waals surface area contributed by atoms with Crippen molar-refractivity contribution in [3.8, 4) is 5.69 Å². The number of fused-ring (bicyclic) bond motifs is 1. The molecule has 2 aromatic heterocycles. The second kappa shape index (κ2) is 5.23. The van der Waals surface area contributed by atoms with E-state index in [1.807, 2.05) is 6.92 Å². The third-order valence-corrected chi connectivity index (χ3v) is 4.07. The van der Waals surface area contributed by atoms with E-state index < -0.39 is 0 Å². The van der Waals surface area contributed by atoms with Crippen LogP contribution in [0.15, 0.2) is 24.5 Å². The number of nitro groups is 1. The van der Waals surface area contributed by atoms with Crippen LogP contribution in [0.5, 0.6) is 0 Å². The Labute approximate surface area is 124 Å². The molecule has 0 amide bonds. The molecule has 21 heavy (non-hydrogen) atoms. The zero-order valence-electron chi connectivity index (χ0n) is 11.3. The van der Waals surface area contributed by atoms with Gasteiger partial charge in [0.05, 0.1) is 20.1 Å². The number of aryl methyl sites for hydroxylation is 1. The van der Waals surface area contributed by atoms with Crippen molar-refractivity contribution in [1.82, 2.24) is 14.5 Å². The lowest BCUT2D eigenvalue weighted by molar-refractivity contribution is -0.384. The molecule has 7 nitrogen and oxygen atoms in total. The third kappa shape index (κ3) is 2.39. The Morgan fingerprint density at radius 1 is 1.48 bits per heavy atom. The molecule has 1 aromatic carbocycles. The number of nitro benzene ring substituents is 1. The summed E-state index contributed by atoms with van der Waals surface area (Å²) in [6.07, 6.45) is 3.88. The lowest BCUT2D eigenvalue weighted by atomic mass is 10.2. The number of imidazole rings is 1. The van der Waals surface area contributed by atoms with Crippen LogP contribution in [0.1, 0.15) is 10.8 Å². The van der Waals surface area contributed by atoms with Crippen LogP contribution in [0.3, 0.4) is 0 Å². The molecule has 0 spiro atoms. The standard InChI is InChI=1S/C13H13N5O2S/c1-8-16-9-6-10(11(18(19)20)7-12(9)21-8)17-5-4-15-13(17)2-3-14/h4-7H,2-3,14H2,1H3. The van der Waals surface area contributed by atoms with Crippen molar-refractivity contribution in [2.45, 2.75) is 13.3 Å². The predicted molar refractivity (Wildman–Crippen MR) is 80.9 cm³/mol. The van der Waals surface area contributed by atoms with E-state index in [0.29, 0.717) is 24.5 Å². The van der Waals surface area contributed by atoms with Crippen molar-refractivity contribution in [2.24, 2.45) is 5.73 Å². The molecule has 0 saturated carbocycles. The van der Waals surface area contributed by atoms with Crippen molar-refractivity contribution in [1.29, 1.82) is 0 Å². The van der Waals surface area contributed by atoms with Crippen molar-refractivity contribution >= 4 is 27.2 Å². The van der Waals surface area contributed by atoms with E-state index in [2.05, 4.69) is 9.97 Å². The van der Waals surface area contributed by atoms with E-state index >= 15 is 0 Å². The van der Waals surface area contributed by atoms with Gasteiger partial charge in [0.2, 0.25) is 0 Å². The summed E-state index contributed by atoms with van der Waals surface area (Å²) >= 11 is 1.44. The highest BCUT2D eigenvalue weighted by Crippen LogP contribution is 2.32. The van der Waals surface area contributed by atoms with Gasteiger partial charge in [0.15, 0.2) is 0 Å². The first kappa shape index (κ1) is 13.7. The summed E-state index contributed by atoms with van der Waals surface area (Å²) in [6, 6.07) is 3.31. The molecule has 2 N–H and O–H groups in total. The number of aromatic nitrogens is 3. The fourth-order valence-electron chi connectivity index (χ4n) is 2.27. The Morgan fingerprint density at radius 2 is 2.29 bits per heavy atom. The lowest BCUT2D eigenvalue weighted by Crippen LogP contribution is -2.09. The second-order valence-corrected chi connectivity index (χ2v) is 5.79. The van der Waals surface area contributed by atoms with Crippen LogP contribution in [0.25, 0.3) is 15.9 Å². The third-order valence-electron chi connectivity index (χ3n) is 3.13. The average molecular weight is 303 g/mol. The number of hydrogen-bond acceptors (Lipinski definition) is 6. The van der Waals surface area contributed by atoms with Gasteiger partial charge >= 0.3 is 0 Å². The summed E-state index contributed by atoms with van der Waals surface area (Å²) in [4.78, 5) is 19.6. The Bertz CT molecular complexity index is 823. The minimum absolute atomic E-state index is 0.0439. The summed E-state index contributed by atoms with van der Waals surface area (Å²) in [5.41, 5.74) is 6.83. The molecule has 8 heteroatoms. The number of hydrogen-bond donors (Lipinski definition) is 1. The van der Waals surface area contributed by atoms with Crippen molar-refractivity contribution in [3.05, 3.63) is 45.5 Å². The first-order valence-corrected chi connectivity index (χ1v) is 7.20. The molecule has 0 unspecified atom stereocenters. The first-order chi connectivity index (χ1) is 10.1. The molecule has 0 aliphatic rings. The van der Waals surface area contributed by atoms with Crippen molar-refractivity contribution < 1.29 is 4.92 Å².